The normalized spacial score (nSPS) is 13.6. The van der Waals surface area contributed by atoms with Crippen LogP contribution in [0.2, 0.25) is 0 Å². The van der Waals surface area contributed by atoms with Gasteiger partial charge in [-0.2, -0.15) is 0 Å². The Morgan fingerprint density at radius 2 is 1.07 bits per heavy atom. The summed E-state index contributed by atoms with van der Waals surface area (Å²) < 4.78 is 26.7. The zero-order chi connectivity index (χ0) is 21.7. The Kier molecular flexibility index (Phi) is 5.59. The van der Waals surface area contributed by atoms with Crippen molar-refractivity contribution < 1.29 is 8.42 Å². The lowest BCUT2D eigenvalue weighted by Gasteiger charge is -2.34. The van der Waals surface area contributed by atoms with Crippen LogP contribution in [-0.2, 0) is 26.1 Å². The minimum Gasteiger partial charge on any atom is -0.222 e. The molecule has 0 bridgehead atoms. The van der Waals surface area contributed by atoms with E-state index in [4.69, 9.17) is 0 Å². The van der Waals surface area contributed by atoms with E-state index in [0.29, 0.717) is 0 Å². The van der Waals surface area contributed by atoms with Crippen molar-refractivity contribution in [3.05, 3.63) is 46.8 Å². The molecule has 0 atom stereocenters. The first-order valence-corrected chi connectivity index (χ1v) is 11.2. The van der Waals surface area contributed by atoms with Gasteiger partial charge in [0.25, 0.3) is 5.16 Å². The molecule has 0 spiro atoms. The molecule has 0 aliphatic heterocycles. The Hall–Kier alpha value is -1.75. The standard InChI is InChI=1S/C23H34N2O2S/c1-15-11-13-16(14-12-15)28(26,27)20-24-18(22(5,6)7)17(21(2,3)4)19(25-20)23(8,9)10/h11-14H,1-10H3. The fourth-order valence-corrected chi connectivity index (χ4v) is 4.31. The highest BCUT2D eigenvalue weighted by atomic mass is 32.2. The van der Waals surface area contributed by atoms with Gasteiger partial charge in [0.15, 0.2) is 0 Å². The molecular formula is C23H34N2O2S. The first kappa shape index (κ1) is 22.5. The zero-order valence-corrected chi connectivity index (χ0v) is 19.7. The number of aryl methyl sites for hydroxylation is 1. The zero-order valence-electron chi connectivity index (χ0n) is 18.9. The molecule has 0 unspecified atom stereocenters. The van der Waals surface area contributed by atoms with Gasteiger partial charge < -0.3 is 0 Å². The molecule has 1 aromatic heterocycles. The van der Waals surface area contributed by atoms with E-state index in [1.165, 1.54) is 0 Å². The lowest BCUT2D eigenvalue weighted by atomic mass is 9.73. The lowest BCUT2D eigenvalue weighted by Crippen LogP contribution is -2.32. The van der Waals surface area contributed by atoms with E-state index in [1.54, 1.807) is 24.3 Å². The van der Waals surface area contributed by atoms with E-state index in [-0.39, 0.29) is 26.3 Å². The van der Waals surface area contributed by atoms with Crippen molar-refractivity contribution in [1.82, 2.24) is 9.97 Å². The summed E-state index contributed by atoms with van der Waals surface area (Å²) in [5.74, 6) is 0. The van der Waals surface area contributed by atoms with E-state index in [1.807, 2.05) is 6.92 Å². The van der Waals surface area contributed by atoms with Crippen molar-refractivity contribution >= 4 is 9.84 Å². The van der Waals surface area contributed by atoms with Gasteiger partial charge in [0.2, 0.25) is 9.84 Å². The molecule has 1 aromatic carbocycles. The summed E-state index contributed by atoms with van der Waals surface area (Å²) in [4.78, 5) is 9.54. The highest BCUT2D eigenvalue weighted by Crippen LogP contribution is 2.39. The molecule has 0 fully saturated rings. The van der Waals surface area contributed by atoms with E-state index >= 15 is 0 Å². The van der Waals surface area contributed by atoms with Crippen LogP contribution >= 0.6 is 0 Å². The van der Waals surface area contributed by atoms with E-state index in [2.05, 4.69) is 72.3 Å². The van der Waals surface area contributed by atoms with Gasteiger partial charge in [0.1, 0.15) is 0 Å². The molecule has 0 radical (unpaired) electrons. The fraction of sp³-hybridized carbons (Fsp3) is 0.565. The Bertz CT molecular complexity index is 934. The van der Waals surface area contributed by atoms with Gasteiger partial charge in [0.05, 0.1) is 16.3 Å². The number of nitrogens with zero attached hydrogens (tertiary/aromatic N) is 2. The minimum atomic E-state index is -3.81. The van der Waals surface area contributed by atoms with Gasteiger partial charge in [-0.3, -0.25) is 0 Å². The molecule has 0 saturated carbocycles. The van der Waals surface area contributed by atoms with Crippen LogP contribution in [0.25, 0.3) is 0 Å². The fourth-order valence-electron chi connectivity index (χ4n) is 3.18. The molecule has 0 aliphatic carbocycles. The Morgan fingerprint density at radius 1 is 0.679 bits per heavy atom. The smallest absolute Gasteiger partial charge is 0.222 e. The number of sulfone groups is 1. The van der Waals surface area contributed by atoms with Crippen molar-refractivity contribution in [3.8, 4) is 0 Å². The minimum absolute atomic E-state index is 0.112. The second kappa shape index (κ2) is 6.94. The second-order valence-corrected chi connectivity index (χ2v) is 12.5. The predicted molar refractivity (Wildman–Crippen MR) is 115 cm³/mol. The third kappa shape index (κ3) is 4.45. The maximum Gasteiger partial charge on any atom is 0.252 e. The third-order valence-corrected chi connectivity index (χ3v) is 6.19. The Morgan fingerprint density at radius 3 is 1.39 bits per heavy atom. The summed E-state index contributed by atoms with van der Waals surface area (Å²) in [5.41, 5.74) is 2.80. The van der Waals surface area contributed by atoms with Crippen molar-refractivity contribution in [2.75, 3.05) is 0 Å². The Labute approximate surface area is 170 Å². The molecule has 2 rings (SSSR count). The number of rotatable bonds is 2. The lowest BCUT2D eigenvalue weighted by molar-refractivity contribution is 0.459. The maximum atomic E-state index is 13.3. The van der Waals surface area contributed by atoms with Crippen LogP contribution in [0.1, 0.15) is 84.8 Å². The topological polar surface area (TPSA) is 59.9 Å². The van der Waals surface area contributed by atoms with Gasteiger partial charge in [0, 0.05) is 16.4 Å². The van der Waals surface area contributed by atoms with Crippen molar-refractivity contribution in [2.24, 2.45) is 0 Å². The monoisotopic (exact) mass is 402 g/mol. The largest absolute Gasteiger partial charge is 0.252 e. The van der Waals surface area contributed by atoms with Gasteiger partial charge in [-0.1, -0.05) is 80.0 Å². The molecule has 1 heterocycles. The molecule has 2 aromatic rings. The SMILES string of the molecule is Cc1ccc(S(=O)(=O)c2nc(C(C)(C)C)c(C(C)(C)C)c(C(C)(C)C)n2)cc1. The molecule has 0 amide bonds. The van der Waals surface area contributed by atoms with E-state index < -0.39 is 9.84 Å². The maximum absolute atomic E-state index is 13.3. The average Bonchev–Trinajstić information content (AvgIpc) is 2.51. The first-order chi connectivity index (χ1) is 12.5. The summed E-state index contributed by atoms with van der Waals surface area (Å²) in [6, 6.07) is 6.84. The van der Waals surface area contributed by atoms with Crippen LogP contribution in [0.15, 0.2) is 34.3 Å². The van der Waals surface area contributed by atoms with Crippen molar-refractivity contribution in [3.63, 3.8) is 0 Å². The molecule has 28 heavy (non-hydrogen) atoms. The summed E-state index contributed by atoms with van der Waals surface area (Å²) in [6.07, 6.45) is 0. The van der Waals surface area contributed by atoms with Crippen LogP contribution < -0.4 is 0 Å². The van der Waals surface area contributed by atoms with Crippen molar-refractivity contribution in [1.29, 1.82) is 0 Å². The molecule has 154 valence electrons. The van der Waals surface area contributed by atoms with Crippen LogP contribution in [0.3, 0.4) is 0 Å². The van der Waals surface area contributed by atoms with E-state index in [9.17, 15) is 8.42 Å². The van der Waals surface area contributed by atoms with Crippen LogP contribution in [0.4, 0.5) is 0 Å². The first-order valence-electron chi connectivity index (χ1n) is 9.71. The average molecular weight is 403 g/mol. The summed E-state index contributed by atoms with van der Waals surface area (Å²) in [5, 5.41) is -0.112. The molecule has 4 nitrogen and oxygen atoms in total. The molecule has 5 heteroatoms. The van der Waals surface area contributed by atoms with Gasteiger partial charge in [-0.05, 0) is 24.5 Å². The van der Waals surface area contributed by atoms with Crippen LogP contribution in [-0.4, -0.2) is 18.4 Å². The van der Waals surface area contributed by atoms with Crippen LogP contribution in [0, 0.1) is 6.92 Å². The number of aromatic nitrogens is 2. The highest BCUT2D eigenvalue weighted by molar-refractivity contribution is 7.91. The quantitative estimate of drug-likeness (QED) is 0.621. The van der Waals surface area contributed by atoms with E-state index in [0.717, 1.165) is 22.5 Å². The van der Waals surface area contributed by atoms with Crippen LogP contribution in [0.5, 0.6) is 0 Å². The summed E-state index contributed by atoms with van der Waals surface area (Å²) in [6.45, 7) is 20.7. The number of hydrogen-bond acceptors (Lipinski definition) is 4. The van der Waals surface area contributed by atoms with Gasteiger partial charge in [-0.15, -0.1) is 0 Å². The van der Waals surface area contributed by atoms with Crippen molar-refractivity contribution in [2.45, 2.75) is 95.5 Å². The summed E-state index contributed by atoms with van der Waals surface area (Å²) >= 11 is 0. The predicted octanol–water partition coefficient (Wildman–Crippen LogP) is 5.51. The number of hydrogen-bond donors (Lipinski definition) is 0. The van der Waals surface area contributed by atoms with Gasteiger partial charge >= 0.3 is 0 Å². The molecule has 0 N–H and O–H groups in total. The molecule has 0 saturated heterocycles. The van der Waals surface area contributed by atoms with Gasteiger partial charge in [-0.25, -0.2) is 18.4 Å². The molecule has 0 aliphatic rings. The highest BCUT2D eigenvalue weighted by Gasteiger charge is 2.37. The molecular weight excluding hydrogens is 368 g/mol. The third-order valence-electron chi connectivity index (χ3n) is 4.63. The number of benzene rings is 1. The Balaban J connectivity index is 2.94. The summed E-state index contributed by atoms with van der Waals surface area (Å²) in [7, 11) is -3.81. The second-order valence-electron chi connectivity index (χ2n) is 10.6.